The molecule has 0 N–H and O–H groups in total. The molecule has 0 aliphatic carbocycles. The van der Waals surface area contributed by atoms with Crippen molar-refractivity contribution in [2.45, 2.75) is 19.8 Å². The second-order valence-corrected chi connectivity index (χ2v) is 2.53. The third kappa shape index (κ3) is 1.60. The van der Waals surface area contributed by atoms with Crippen molar-refractivity contribution in [3.8, 4) is 0 Å². The van der Waals surface area contributed by atoms with Crippen LogP contribution >= 0.6 is 0 Å². The highest BCUT2D eigenvalue weighted by molar-refractivity contribution is 5.20. The van der Waals surface area contributed by atoms with Crippen molar-refractivity contribution >= 4 is 0 Å². The van der Waals surface area contributed by atoms with Crippen molar-refractivity contribution in [3.05, 3.63) is 42.3 Å². The van der Waals surface area contributed by atoms with Gasteiger partial charge in [0.25, 0.3) is 0 Å². The van der Waals surface area contributed by atoms with Crippen molar-refractivity contribution in [1.29, 1.82) is 0 Å². The van der Waals surface area contributed by atoms with E-state index in [9.17, 15) is 0 Å². The Morgan fingerprint density at radius 3 is 2.30 bits per heavy atom. The largest absolute Gasteiger partial charge is 0.0622 e. The van der Waals surface area contributed by atoms with Gasteiger partial charge in [-0.05, 0) is 17.9 Å². The maximum absolute atomic E-state index is 2.20. The Kier molecular flexibility index (Phi) is 2.49. The van der Waals surface area contributed by atoms with Gasteiger partial charge in [0.05, 0.1) is 0 Å². The van der Waals surface area contributed by atoms with Gasteiger partial charge < -0.3 is 0 Å². The first-order valence-electron chi connectivity index (χ1n) is 3.69. The van der Waals surface area contributed by atoms with Gasteiger partial charge >= 0.3 is 0 Å². The van der Waals surface area contributed by atoms with Crippen molar-refractivity contribution in [2.24, 2.45) is 0 Å². The maximum Gasteiger partial charge on any atom is -0.0162 e. The van der Waals surface area contributed by atoms with Gasteiger partial charge in [0.2, 0.25) is 0 Å². The average Bonchev–Trinajstić information content (AvgIpc) is 2.05. The van der Waals surface area contributed by atoms with E-state index < -0.39 is 0 Å². The summed E-state index contributed by atoms with van der Waals surface area (Å²) in [6.45, 7) is 4.30. The summed E-state index contributed by atoms with van der Waals surface area (Å²) in [6, 6.07) is 10.5. The number of hydrogen-bond donors (Lipinski definition) is 0. The molecule has 0 bridgehead atoms. The standard InChI is InChI=1S/C10H13/c1-3-9(2)10-7-5-4-6-8-10/h3-9H,1-2H3. The van der Waals surface area contributed by atoms with Crippen LogP contribution in [0, 0.1) is 6.42 Å². The van der Waals surface area contributed by atoms with E-state index in [0.29, 0.717) is 5.92 Å². The molecular formula is C10H13. The zero-order valence-electron chi connectivity index (χ0n) is 6.54. The molecule has 53 valence electrons. The Hall–Kier alpha value is -0.780. The molecule has 0 fully saturated rings. The molecule has 0 aliphatic heterocycles. The van der Waals surface area contributed by atoms with E-state index in [0.717, 1.165) is 0 Å². The maximum atomic E-state index is 2.20. The summed E-state index contributed by atoms with van der Waals surface area (Å²) < 4.78 is 0. The minimum Gasteiger partial charge on any atom is -0.0622 e. The van der Waals surface area contributed by atoms with Crippen LogP contribution in [0.15, 0.2) is 30.3 Å². The fourth-order valence-electron chi connectivity index (χ4n) is 0.949. The zero-order valence-corrected chi connectivity index (χ0v) is 6.54. The molecule has 0 aromatic heterocycles. The van der Waals surface area contributed by atoms with Crippen LogP contribution in [0.4, 0.5) is 0 Å². The van der Waals surface area contributed by atoms with Crippen LogP contribution in [0.2, 0.25) is 0 Å². The van der Waals surface area contributed by atoms with Crippen LogP contribution in [0.3, 0.4) is 0 Å². The molecule has 0 aliphatic rings. The number of benzene rings is 1. The van der Waals surface area contributed by atoms with Crippen LogP contribution in [0.25, 0.3) is 0 Å². The van der Waals surface area contributed by atoms with Crippen LogP contribution in [0.5, 0.6) is 0 Å². The molecule has 0 saturated carbocycles. The van der Waals surface area contributed by atoms with E-state index in [4.69, 9.17) is 0 Å². The lowest BCUT2D eigenvalue weighted by Crippen LogP contribution is -1.89. The molecule has 1 atom stereocenters. The molecule has 0 heterocycles. The van der Waals surface area contributed by atoms with Crippen molar-refractivity contribution in [1.82, 2.24) is 0 Å². The topological polar surface area (TPSA) is 0 Å². The van der Waals surface area contributed by atoms with Gasteiger partial charge in [-0.3, -0.25) is 0 Å². The summed E-state index contributed by atoms with van der Waals surface area (Å²) in [4.78, 5) is 0. The van der Waals surface area contributed by atoms with Crippen LogP contribution in [-0.2, 0) is 0 Å². The number of hydrogen-bond acceptors (Lipinski definition) is 0. The molecule has 0 amide bonds. The second kappa shape index (κ2) is 3.40. The Bertz CT molecular complexity index is 176. The molecule has 0 heteroatoms. The van der Waals surface area contributed by atoms with Gasteiger partial charge in [0.1, 0.15) is 0 Å². The predicted octanol–water partition coefficient (Wildman–Crippen LogP) is 3.01. The monoisotopic (exact) mass is 133 g/mol. The van der Waals surface area contributed by atoms with E-state index in [-0.39, 0.29) is 0 Å². The zero-order chi connectivity index (χ0) is 7.40. The molecule has 1 rings (SSSR count). The fraction of sp³-hybridized carbons (Fsp3) is 0.300. The SMILES string of the molecule is C[CH]C(C)c1ccccc1. The Morgan fingerprint density at radius 1 is 1.20 bits per heavy atom. The summed E-state index contributed by atoms with van der Waals surface area (Å²) in [6.07, 6.45) is 2.20. The van der Waals surface area contributed by atoms with Gasteiger partial charge in [-0.15, -0.1) is 0 Å². The molecule has 1 unspecified atom stereocenters. The molecule has 0 spiro atoms. The Labute approximate surface area is 62.9 Å². The minimum atomic E-state index is 0.584. The van der Waals surface area contributed by atoms with Gasteiger partial charge in [0, 0.05) is 0 Å². The minimum absolute atomic E-state index is 0.584. The summed E-state index contributed by atoms with van der Waals surface area (Å²) in [5.41, 5.74) is 1.39. The van der Waals surface area contributed by atoms with E-state index in [1.807, 2.05) is 6.07 Å². The lowest BCUT2D eigenvalue weighted by atomic mass is 9.99. The third-order valence-corrected chi connectivity index (χ3v) is 1.83. The normalized spacial score (nSPS) is 13.0. The second-order valence-electron chi connectivity index (χ2n) is 2.53. The summed E-state index contributed by atoms with van der Waals surface area (Å²) in [5, 5.41) is 0. The van der Waals surface area contributed by atoms with Crippen LogP contribution < -0.4 is 0 Å². The molecular weight excluding hydrogens is 120 g/mol. The first-order chi connectivity index (χ1) is 4.84. The van der Waals surface area contributed by atoms with Gasteiger partial charge in [0.15, 0.2) is 0 Å². The summed E-state index contributed by atoms with van der Waals surface area (Å²) >= 11 is 0. The molecule has 1 aromatic carbocycles. The quantitative estimate of drug-likeness (QED) is 0.581. The number of rotatable bonds is 2. The molecule has 0 saturated heterocycles. The van der Waals surface area contributed by atoms with Crippen LogP contribution in [0.1, 0.15) is 25.3 Å². The van der Waals surface area contributed by atoms with E-state index in [1.165, 1.54) is 5.56 Å². The van der Waals surface area contributed by atoms with E-state index in [2.05, 4.69) is 44.5 Å². The van der Waals surface area contributed by atoms with Gasteiger partial charge in [-0.25, -0.2) is 0 Å². The van der Waals surface area contributed by atoms with Crippen molar-refractivity contribution < 1.29 is 0 Å². The highest BCUT2D eigenvalue weighted by atomic mass is 14.0. The average molecular weight is 133 g/mol. The van der Waals surface area contributed by atoms with Gasteiger partial charge in [-0.2, -0.15) is 0 Å². The third-order valence-electron chi connectivity index (χ3n) is 1.83. The van der Waals surface area contributed by atoms with Crippen LogP contribution in [-0.4, -0.2) is 0 Å². The van der Waals surface area contributed by atoms with Gasteiger partial charge in [-0.1, -0.05) is 44.2 Å². The van der Waals surface area contributed by atoms with Crippen molar-refractivity contribution in [2.75, 3.05) is 0 Å². The van der Waals surface area contributed by atoms with E-state index in [1.54, 1.807) is 0 Å². The smallest absolute Gasteiger partial charge is 0.0162 e. The Morgan fingerprint density at radius 2 is 1.80 bits per heavy atom. The lowest BCUT2D eigenvalue weighted by molar-refractivity contribution is 0.887. The molecule has 0 nitrogen and oxygen atoms in total. The summed E-state index contributed by atoms with van der Waals surface area (Å²) in [5.74, 6) is 0.584. The highest BCUT2D eigenvalue weighted by Gasteiger charge is 1.99. The van der Waals surface area contributed by atoms with E-state index >= 15 is 0 Å². The molecule has 1 radical (unpaired) electrons. The predicted molar refractivity (Wildman–Crippen MR) is 44.8 cm³/mol. The van der Waals surface area contributed by atoms with Crippen molar-refractivity contribution in [3.63, 3.8) is 0 Å². The Balaban J connectivity index is 2.75. The lowest BCUT2D eigenvalue weighted by Gasteiger charge is -2.06. The first-order valence-corrected chi connectivity index (χ1v) is 3.69. The summed E-state index contributed by atoms with van der Waals surface area (Å²) in [7, 11) is 0. The molecule has 10 heavy (non-hydrogen) atoms. The highest BCUT2D eigenvalue weighted by Crippen LogP contribution is 2.15. The fourth-order valence-corrected chi connectivity index (χ4v) is 0.949. The molecule has 1 aromatic rings. The first kappa shape index (κ1) is 7.33.